The summed E-state index contributed by atoms with van der Waals surface area (Å²) in [7, 11) is 0. The second-order valence-corrected chi connectivity index (χ2v) is 6.89. The summed E-state index contributed by atoms with van der Waals surface area (Å²) in [5.74, 6) is 1.17. The molecule has 0 N–H and O–H groups in total. The van der Waals surface area contributed by atoms with E-state index in [2.05, 4.69) is 19.8 Å². The summed E-state index contributed by atoms with van der Waals surface area (Å²) in [4.78, 5) is 13.6. The summed E-state index contributed by atoms with van der Waals surface area (Å²) in [5.41, 5.74) is 1.86. The molecule has 3 heterocycles. The van der Waals surface area contributed by atoms with Crippen molar-refractivity contribution in [3.8, 4) is 11.6 Å². The molecule has 3 aromatic rings. The summed E-state index contributed by atoms with van der Waals surface area (Å²) >= 11 is 0. The molecule has 1 fully saturated rings. The van der Waals surface area contributed by atoms with Crippen molar-refractivity contribution in [2.45, 2.75) is 19.5 Å². The molecule has 0 spiro atoms. The van der Waals surface area contributed by atoms with E-state index >= 15 is 0 Å². The predicted molar refractivity (Wildman–Crippen MR) is 101 cm³/mol. The Balaban J connectivity index is 1.32. The number of nitrogens with zero attached hydrogens (tertiary/aromatic N) is 4. The fourth-order valence-electron chi connectivity index (χ4n) is 3.44. The predicted octanol–water partition coefficient (Wildman–Crippen LogP) is 3.58. The van der Waals surface area contributed by atoms with Crippen molar-refractivity contribution in [1.82, 2.24) is 19.8 Å². The number of aromatic nitrogens is 2. The lowest BCUT2D eigenvalue weighted by atomic mass is 10.2. The van der Waals surface area contributed by atoms with Gasteiger partial charge in [0.1, 0.15) is 5.82 Å². The molecule has 0 saturated carbocycles. The Morgan fingerprint density at radius 1 is 0.889 bits per heavy atom. The van der Waals surface area contributed by atoms with E-state index < -0.39 is 0 Å². The lowest BCUT2D eigenvalue weighted by Crippen LogP contribution is -2.30. The Kier molecular flexibility index (Phi) is 5.55. The van der Waals surface area contributed by atoms with Crippen LogP contribution in [0.4, 0.5) is 4.39 Å². The highest BCUT2D eigenvalue weighted by Crippen LogP contribution is 2.16. The van der Waals surface area contributed by atoms with E-state index in [-0.39, 0.29) is 5.82 Å². The summed E-state index contributed by atoms with van der Waals surface area (Å²) in [5, 5.41) is 0. The fourth-order valence-corrected chi connectivity index (χ4v) is 3.44. The molecule has 2 aromatic heterocycles. The van der Waals surface area contributed by atoms with Gasteiger partial charge in [-0.2, -0.15) is 0 Å². The van der Waals surface area contributed by atoms with E-state index in [0.717, 1.165) is 50.3 Å². The molecule has 0 radical (unpaired) electrons. The van der Waals surface area contributed by atoms with Crippen molar-refractivity contribution in [3.05, 3.63) is 72.0 Å². The van der Waals surface area contributed by atoms with Crippen molar-refractivity contribution in [2.75, 3.05) is 26.2 Å². The van der Waals surface area contributed by atoms with E-state index in [9.17, 15) is 4.39 Å². The second-order valence-electron chi connectivity index (χ2n) is 6.89. The minimum atomic E-state index is -0.118. The van der Waals surface area contributed by atoms with Crippen molar-refractivity contribution in [3.63, 3.8) is 0 Å². The lowest BCUT2D eigenvalue weighted by molar-refractivity contribution is 0.245. The van der Waals surface area contributed by atoms with Gasteiger partial charge in [-0.3, -0.25) is 9.80 Å². The van der Waals surface area contributed by atoms with Gasteiger partial charge in [-0.25, -0.2) is 14.4 Å². The highest BCUT2D eigenvalue weighted by molar-refractivity contribution is 5.45. The molecule has 1 aromatic carbocycles. The SMILES string of the molecule is Fc1ccccc1CN1CCCN(Cc2cnc(-c3ccco3)nc2)CC1. The highest BCUT2D eigenvalue weighted by atomic mass is 19.1. The Morgan fingerprint density at radius 2 is 1.63 bits per heavy atom. The van der Waals surface area contributed by atoms with Crippen LogP contribution in [0.2, 0.25) is 0 Å². The summed E-state index contributed by atoms with van der Waals surface area (Å²) < 4.78 is 19.2. The maximum absolute atomic E-state index is 13.9. The molecule has 140 valence electrons. The summed E-state index contributed by atoms with van der Waals surface area (Å²) in [6.07, 6.45) is 6.43. The smallest absolute Gasteiger partial charge is 0.195 e. The third-order valence-corrected chi connectivity index (χ3v) is 4.89. The molecule has 0 unspecified atom stereocenters. The minimum absolute atomic E-state index is 0.118. The van der Waals surface area contributed by atoms with Crippen LogP contribution >= 0.6 is 0 Å². The molecule has 0 aliphatic carbocycles. The topological polar surface area (TPSA) is 45.4 Å². The summed E-state index contributed by atoms with van der Waals surface area (Å²) in [6, 6.07) is 10.7. The molecular formula is C21H23FN4O. The maximum Gasteiger partial charge on any atom is 0.195 e. The fraction of sp³-hybridized carbons (Fsp3) is 0.333. The molecule has 4 rings (SSSR count). The number of hydrogen-bond acceptors (Lipinski definition) is 5. The quantitative estimate of drug-likeness (QED) is 0.691. The van der Waals surface area contributed by atoms with Crippen LogP contribution in [0, 0.1) is 5.82 Å². The van der Waals surface area contributed by atoms with Crippen molar-refractivity contribution < 1.29 is 8.81 Å². The Hall–Kier alpha value is -2.57. The van der Waals surface area contributed by atoms with Crippen LogP contribution in [-0.4, -0.2) is 45.9 Å². The minimum Gasteiger partial charge on any atom is -0.461 e. The van der Waals surface area contributed by atoms with Gasteiger partial charge in [0.15, 0.2) is 11.6 Å². The van der Waals surface area contributed by atoms with Crippen LogP contribution in [-0.2, 0) is 13.1 Å². The van der Waals surface area contributed by atoms with E-state index in [1.54, 1.807) is 12.3 Å². The molecule has 1 aliphatic heterocycles. The molecule has 0 bridgehead atoms. The zero-order valence-electron chi connectivity index (χ0n) is 15.2. The third kappa shape index (κ3) is 4.59. The first-order chi connectivity index (χ1) is 13.3. The van der Waals surface area contributed by atoms with Gasteiger partial charge < -0.3 is 4.42 Å². The first-order valence-electron chi connectivity index (χ1n) is 9.31. The number of benzene rings is 1. The van der Waals surface area contributed by atoms with Crippen LogP contribution in [0.3, 0.4) is 0 Å². The van der Waals surface area contributed by atoms with Crippen LogP contribution in [0.5, 0.6) is 0 Å². The first kappa shape index (κ1) is 17.8. The highest BCUT2D eigenvalue weighted by Gasteiger charge is 2.16. The largest absolute Gasteiger partial charge is 0.461 e. The van der Waals surface area contributed by atoms with Gasteiger partial charge in [0.2, 0.25) is 0 Å². The Morgan fingerprint density at radius 3 is 2.33 bits per heavy atom. The molecule has 0 amide bonds. The number of rotatable bonds is 5. The normalized spacial score (nSPS) is 16.3. The van der Waals surface area contributed by atoms with Crippen molar-refractivity contribution in [2.24, 2.45) is 0 Å². The number of halogens is 1. The van der Waals surface area contributed by atoms with Crippen molar-refractivity contribution in [1.29, 1.82) is 0 Å². The van der Waals surface area contributed by atoms with Crippen LogP contribution < -0.4 is 0 Å². The van der Waals surface area contributed by atoms with Gasteiger partial charge in [0, 0.05) is 49.7 Å². The Bertz CT molecular complexity index is 851. The summed E-state index contributed by atoms with van der Waals surface area (Å²) in [6.45, 7) is 5.38. The van der Waals surface area contributed by atoms with Gasteiger partial charge in [-0.05, 0) is 37.7 Å². The van der Waals surface area contributed by atoms with Gasteiger partial charge >= 0.3 is 0 Å². The first-order valence-corrected chi connectivity index (χ1v) is 9.31. The average molecular weight is 366 g/mol. The molecule has 0 atom stereocenters. The standard InChI is InChI=1S/C21H23FN4O/c22-19-6-2-1-5-18(19)16-26-9-4-8-25(10-11-26)15-17-13-23-21(24-14-17)20-7-3-12-27-20/h1-3,5-7,12-14H,4,8-11,15-16H2. The van der Waals surface area contributed by atoms with E-state index in [4.69, 9.17) is 4.42 Å². The van der Waals surface area contributed by atoms with Crippen LogP contribution in [0.1, 0.15) is 17.5 Å². The molecular weight excluding hydrogens is 343 g/mol. The zero-order chi connectivity index (χ0) is 18.5. The molecule has 1 saturated heterocycles. The third-order valence-electron chi connectivity index (χ3n) is 4.89. The molecule has 5 nitrogen and oxygen atoms in total. The monoisotopic (exact) mass is 366 g/mol. The number of furan rings is 1. The van der Waals surface area contributed by atoms with Crippen LogP contribution in [0.15, 0.2) is 59.5 Å². The van der Waals surface area contributed by atoms with Crippen LogP contribution in [0.25, 0.3) is 11.6 Å². The average Bonchev–Trinajstić information content (AvgIpc) is 3.14. The van der Waals surface area contributed by atoms with Gasteiger partial charge in [-0.1, -0.05) is 18.2 Å². The lowest BCUT2D eigenvalue weighted by Gasteiger charge is -2.22. The van der Waals surface area contributed by atoms with Crippen molar-refractivity contribution >= 4 is 0 Å². The van der Waals surface area contributed by atoms with E-state index in [1.807, 2.05) is 36.7 Å². The van der Waals surface area contributed by atoms with Gasteiger partial charge in [-0.15, -0.1) is 0 Å². The molecule has 1 aliphatic rings. The van der Waals surface area contributed by atoms with E-state index in [1.165, 1.54) is 6.07 Å². The number of hydrogen-bond donors (Lipinski definition) is 0. The molecule has 27 heavy (non-hydrogen) atoms. The second kappa shape index (κ2) is 8.41. The molecule has 6 heteroatoms. The van der Waals surface area contributed by atoms with E-state index in [0.29, 0.717) is 18.1 Å². The Labute approximate surface area is 158 Å². The maximum atomic E-state index is 13.9. The van der Waals surface area contributed by atoms with Gasteiger partial charge in [0.05, 0.1) is 6.26 Å². The van der Waals surface area contributed by atoms with Gasteiger partial charge in [0.25, 0.3) is 0 Å². The zero-order valence-corrected chi connectivity index (χ0v) is 15.2.